The van der Waals surface area contributed by atoms with E-state index in [1.54, 1.807) is 42.7 Å². The zero-order valence-corrected chi connectivity index (χ0v) is 14.1. The summed E-state index contributed by atoms with van der Waals surface area (Å²) in [5.74, 6) is 0.0571. The maximum Gasteiger partial charge on any atom is 0.340 e. The molecule has 0 aromatic heterocycles. The fraction of sp³-hybridized carbons (Fsp3) is 0.211. The van der Waals surface area contributed by atoms with Gasteiger partial charge in [-0.1, -0.05) is 4.99 Å². The molecule has 0 radical (unpaired) electrons. The van der Waals surface area contributed by atoms with Crippen molar-refractivity contribution in [3.8, 4) is 0 Å². The Morgan fingerprint density at radius 1 is 1.04 bits per heavy atom. The molecule has 0 saturated heterocycles. The van der Waals surface area contributed by atoms with Crippen molar-refractivity contribution >= 4 is 17.6 Å². The van der Waals surface area contributed by atoms with Crippen LogP contribution in [0.3, 0.4) is 0 Å². The summed E-state index contributed by atoms with van der Waals surface area (Å²) in [6.07, 6.45) is 0. The van der Waals surface area contributed by atoms with Crippen LogP contribution >= 0.6 is 0 Å². The monoisotopic (exact) mass is 343 g/mol. The molecular weight excluding hydrogens is 326 g/mol. The Hall–Kier alpha value is -2.89. The number of aryl methyl sites for hydroxylation is 2. The molecule has 0 saturated carbocycles. The van der Waals surface area contributed by atoms with E-state index in [0.29, 0.717) is 33.9 Å². The van der Waals surface area contributed by atoms with E-state index in [-0.39, 0.29) is 18.2 Å². The summed E-state index contributed by atoms with van der Waals surface area (Å²) in [6.45, 7) is 3.30. The van der Waals surface area contributed by atoms with Crippen LogP contribution in [0.4, 0.5) is 8.78 Å². The summed E-state index contributed by atoms with van der Waals surface area (Å²) < 4.78 is 33.4. The van der Waals surface area contributed by atoms with E-state index in [0.717, 1.165) is 0 Å². The van der Waals surface area contributed by atoms with Crippen LogP contribution in [0, 0.1) is 25.5 Å². The maximum absolute atomic E-state index is 13.5. The summed E-state index contributed by atoms with van der Waals surface area (Å²) in [5.41, 5.74) is 2.38. The van der Waals surface area contributed by atoms with E-state index in [9.17, 15) is 13.6 Å². The maximum atomic E-state index is 13.5. The quantitative estimate of drug-likeness (QED) is 0.633. The van der Waals surface area contributed by atoms with Crippen molar-refractivity contribution in [3.05, 3.63) is 70.3 Å². The molecule has 1 aliphatic rings. The minimum Gasteiger partial charge on any atom is -0.467 e. The lowest BCUT2D eigenvalue weighted by atomic mass is 10.1. The second kappa shape index (κ2) is 6.55. The van der Waals surface area contributed by atoms with Gasteiger partial charge in [-0.05, 0) is 61.4 Å². The zero-order valence-electron chi connectivity index (χ0n) is 14.1. The molecular formula is C19H17F2N2O2+. The molecule has 6 heteroatoms. The highest BCUT2D eigenvalue weighted by molar-refractivity contribution is 6.15. The van der Waals surface area contributed by atoms with Crippen molar-refractivity contribution in [1.82, 2.24) is 0 Å². The Balaban J connectivity index is 2.01. The van der Waals surface area contributed by atoms with Crippen LogP contribution in [0.1, 0.15) is 22.3 Å². The number of benzene rings is 2. The van der Waals surface area contributed by atoms with Crippen LogP contribution in [0.2, 0.25) is 0 Å². The predicted octanol–water partition coefficient (Wildman–Crippen LogP) is 2.97. The molecule has 2 aromatic carbocycles. The number of hydrogen-bond donors (Lipinski definition) is 0. The minimum absolute atomic E-state index is 0.0302. The first-order valence-electron chi connectivity index (χ1n) is 7.73. The van der Waals surface area contributed by atoms with Gasteiger partial charge in [0.2, 0.25) is 0 Å². The molecule has 0 N–H and O–H groups in total. The molecule has 0 unspecified atom stereocenters. The Labute approximate surface area is 144 Å². The highest BCUT2D eigenvalue weighted by Crippen LogP contribution is 2.19. The van der Waals surface area contributed by atoms with Crippen molar-refractivity contribution in [2.24, 2.45) is 4.99 Å². The van der Waals surface area contributed by atoms with E-state index >= 15 is 0 Å². The Morgan fingerprint density at radius 2 is 1.60 bits per heavy atom. The van der Waals surface area contributed by atoms with Crippen LogP contribution in [-0.2, 0) is 9.53 Å². The number of ether oxygens (including phenoxy) is 1. The van der Waals surface area contributed by atoms with Crippen LogP contribution in [0.15, 0.2) is 41.4 Å². The second-order valence-electron chi connectivity index (χ2n) is 5.85. The van der Waals surface area contributed by atoms with Crippen LogP contribution < -0.4 is 0 Å². The topological polar surface area (TPSA) is 41.7 Å². The molecule has 0 spiro atoms. The van der Waals surface area contributed by atoms with Gasteiger partial charge in [-0.3, -0.25) is 0 Å². The molecule has 128 valence electrons. The lowest BCUT2D eigenvalue weighted by Gasteiger charge is -2.19. The number of aliphatic imine (C=N–C) groups is 1. The van der Waals surface area contributed by atoms with Crippen molar-refractivity contribution < 1.29 is 22.9 Å². The van der Waals surface area contributed by atoms with Gasteiger partial charge in [0, 0.05) is 0 Å². The van der Waals surface area contributed by atoms with Gasteiger partial charge >= 0.3 is 5.97 Å². The smallest absolute Gasteiger partial charge is 0.340 e. The molecule has 1 aliphatic heterocycles. The lowest BCUT2D eigenvalue weighted by molar-refractivity contribution is -0.410. The van der Waals surface area contributed by atoms with E-state index in [1.165, 1.54) is 19.2 Å². The Morgan fingerprint density at radius 3 is 2.16 bits per heavy atom. The predicted molar refractivity (Wildman–Crippen MR) is 90.1 cm³/mol. The normalized spacial score (nSPS) is 13.4. The number of nitrogens with zero attached hydrogens (tertiary/aromatic N) is 2. The largest absolute Gasteiger partial charge is 0.467 e. The number of esters is 1. The third kappa shape index (κ3) is 3.20. The highest BCUT2D eigenvalue weighted by atomic mass is 19.1. The average molecular weight is 343 g/mol. The summed E-state index contributed by atoms with van der Waals surface area (Å²) in [4.78, 5) is 16.2. The van der Waals surface area contributed by atoms with E-state index < -0.39 is 5.97 Å². The third-order valence-electron chi connectivity index (χ3n) is 4.07. The van der Waals surface area contributed by atoms with Gasteiger partial charge < -0.3 is 4.74 Å². The fourth-order valence-electron chi connectivity index (χ4n) is 2.63. The van der Waals surface area contributed by atoms with E-state index in [4.69, 9.17) is 4.74 Å². The molecule has 25 heavy (non-hydrogen) atoms. The standard InChI is InChI=1S/C19H17F2N2O2/c1-11-8-13(4-6-15(11)20)18-22-19(23(18)10-17(24)25-3)14-5-7-16(21)12(2)9-14/h4-9H,10H2,1-3H3/q+1. The number of carbonyl (C=O) groups excluding carboxylic acids is 1. The van der Waals surface area contributed by atoms with Crippen molar-refractivity contribution in [2.75, 3.05) is 13.7 Å². The SMILES string of the molecule is COC(=O)C[N+]1=C(c2ccc(F)c(C)c2)N=C1c1ccc(F)c(C)c1. The number of methoxy groups -OCH3 is 1. The van der Waals surface area contributed by atoms with Gasteiger partial charge in [0.15, 0.2) is 6.54 Å². The second-order valence-corrected chi connectivity index (χ2v) is 5.85. The van der Waals surface area contributed by atoms with Gasteiger partial charge in [-0.2, -0.15) is 0 Å². The van der Waals surface area contributed by atoms with E-state index in [2.05, 4.69) is 4.99 Å². The first-order chi connectivity index (χ1) is 11.9. The van der Waals surface area contributed by atoms with Crippen LogP contribution in [0.5, 0.6) is 0 Å². The number of halogens is 2. The summed E-state index contributed by atoms with van der Waals surface area (Å²) in [6, 6.07) is 9.29. The molecule has 4 nitrogen and oxygen atoms in total. The van der Waals surface area contributed by atoms with Gasteiger partial charge in [0.25, 0.3) is 11.7 Å². The van der Waals surface area contributed by atoms with Gasteiger partial charge in [0.05, 0.1) is 18.2 Å². The average Bonchev–Trinajstić information content (AvgIpc) is 2.58. The van der Waals surface area contributed by atoms with E-state index in [1.807, 2.05) is 0 Å². The molecule has 2 aromatic rings. The molecule has 3 rings (SSSR count). The summed E-state index contributed by atoms with van der Waals surface area (Å²) >= 11 is 0. The minimum atomic E-state index is -0.428. The molecule has 0 aliphatic carbocycles. The Bertz CT molecular complexity index is 933. The Kier molecular flexibility index (Phi) is 4.44. The summed E-state index contributed by atoms with van der Waals surface area (Å²) in [5, 5.41) is 0. The van der Waals surface area contributed by atoms with Gasteiger partial charge in [-0.25, -0.2) is 18.2 Å². The van der Waals surface area contributed by atoms with Crippen molar-refractivity contribution in [3.63, 3.8) is 0 Å². The molecule has 1 heterocycles. The van der Waals surface area contributed by atoms with Crippen molar-refractivity contribution in [2.45, 2.75) is 13.8 Å². The lowest BCUT2D eigenvalue weighted by Crippen LogP contribution is -2.41. The molecule has 0 fully saturated rings. The van der Waals surface area contributed by atoms with Crippen LogP contribution in [0.25, 0.3) is 0 Å². The number of carbonyl (C=O) groups is 1. The van der Waals surface area contributed by atoms with Crippen molar-refractivity contribution in [1.29, 1.82) is 0 Å². The van der Waals surface area contributed by atoms with Gasteiger partial charge in [0.1, 0.15) is 11.6 Å². The first kappa shape index (κ1) is 17.0. The fourth-order valence-corrected chi connectivity index (χ4v) is 2.63. The number of amidine groups is 2. The number of rotatable bonds is 4. The molecule has 0 atom stereocenters. The van der Waals surface area contributed by atoms with Crippen LogP contribution in [-0.4, -0.2) is 35.9 Å². The zero-order chi connectivity index (χ0) is 18.1. The summed E-state index contributed by atoms with van der Waals surface area (Å²) in [7, 11) is 1.31. The highest BCUT2D eigenvalue weighted by Gasteiger charge is 2.33. The number of hydrogen-bond acceptors (Lipinski definition) is 3. The van der Waals surface area contributed by atoms with Gasteiger partial charge in [-0.15, -0.1) is 0 Å². The molecule has 0 amide bonds. The third-order valence-corrected chi connectivity index (χ3v) is 4.07. The molecule has 0 bridgehead atoms. The first-order valence-corrected chi connectivity index (χ1v) is 7.73.